The Kier molecular flexibility index (Phi) is 4.81. The molecule has 0 aromatic heterocycles. The first kappa shape index (κ1) is 13.9. The summed E-state index contributed by atoms with van der Waals surface area (Å²) in [5.74, 6) is 1.04. The van der Waals surface area contributed by atoms with Crippen LogP contribution in [0.5, 0.6) is 0 Å². The molecule has 2 saturated carbocycles. The van der Waals surface area contributed by atoms with Crippen LogP contribution in [0.15, 0.2) is 0 Å². The minimum Gasteiger partial charge on any atom is -0.310 e. The number of piperidine rings is 1. The van der Waals surface area contributed by atoms with Gasteiger partial charge < -0.3 is 5.32 Å². The van der Waals surface area contributed by atoms with Gasteiger partial charge in [-0.15, -0.1) is 0 Å². The zero-order valence-electron chi connectivity index (χ0n) is 12.7. The normalized spacial score (nSPS) is 32.4. The molecule has 110 valence electrons. The molecule has 2 aliphatic carbocycles. The molecule has 3 rings (SSSR count). The smallest absolute Gasteiger partial charge is 0.0198 e. The Bertz CT molecular complexity index is 268. The topological polar surface area (TPSA) is 15.3 Å². The molecule has 19 heavy (non-hydrogen) atoms. The molecule has 0 bridgehead atoms. The highest BCUT2D eigenvalue weighted by Gasteiger charge is 2.36. The summed E-state index contributed by atoms with van der Waals surface area (Å²) in [6.07, 6.45) is 14.4. The lowest BCUT2D eigenvalue weighted by molar-refractivity contribution is 0.112. The summed E-state index contributed by atoms with van der Waals surface area (Å²) in [6.45, 7) is 5.07. The number of hydrogen-bond acceptors (Lipinski definition) is 2. The molecule has 2 nitrogen and oxygen atoms in total. The maximum atomic E-state index is 3.98. The van der Waals surface area contributed by atoms with Crippen LogP contribution in [-0.2, 0) is 0 Å². The van der Waals surface area contributed by atoms with Crippen molar-refractivity contribution in [2.45, 2.75) is 89.3 Å². The lowest BCUT2D eigenvalue weighted by atomic mass is 9.93. The van der Waals surface area contributed by atoms with E-state index in [-0.39, 0.29) is 0 Å². The second kappa shape index (κ2) is 6.58. The van der Waals surface area contributed by atoms with Crippen molar-refractivity contribution in [2.24, 2.45) is 5.92 Å². The molecule has 0 spiro atoms. The van der Waals surface area contributed by atoms with Crippen LogP contribution >= 0.6 is 0 Å². The highest BCUT2D eigenvalue weighted by Crippen LogP contribution is 2.37. The standard InChI is InChI=1S/C17H32N2/c1-2-17(14-10-11-14)19-12-6-9-16(13-19)18-15-7-4-3-5-8-15/h14-18H,2-13H2,1H3. The van der Waals surface area contributed by atoms with E-state index in [0.29, 0.717) is 0 Å². The Labute approximate surface area is 119 Å². The minimum atomic E-state index is 0.782. The van der Waals surface area contributed by atoms with Crippen molar-refractivity contribution in [3.63, 3.8) is 0 Å². The van der Waals surface area contributed by atoms with E-state index in [0.717, 1.165) is 24.0 Å². The quantitative estimate of drug-likeness (QED) is 0.817. The molecule has 3 fully saturated rings. The molecule has 1 heterocycles. The summed E-state index contributed by atoms with van der Waals surface area (Å²) in [5, 5.41) is 3.98. The van der Waals surface area contributed by atoms with E-state index >= 15 is 0 Å². The van der Waals surface area contributed by atoms with Crippen LogP contribution < -0.4 is 5.32 Å². The zero-order valence-corrected chi connectivity index (χ0v) is 12.7. The third-order valence-electron chi connectivity index (χ3n) is 5.58. The van der Waals surface area contributed by atoms with E-state index in [1.807, 2.05) is 0 Å². The predicted octanol–water partition coefficient (Wildman–Crippen LogP) is 3.56. The molecule has 0 radical (unpaired) electrons. The lowest BCUT2D eigenvalue weighted by Crippen LogP contribution is -2.52. The summed E-state index contributed by atoms with van der Waals surface area (Å²) >= 11 is 0. The van der Waals surface area contributed by atoms with E-state index < -0.39 is 0 Å². The Morgan fingerprint density at radius 2 is 1.68 bits per heavy atom. The Hall–Kier alpha value is -0.0800. The van der Waals surface area contributed by atoms with Crippen molar-refractivity contribution in [2.75, 3.05) is 13.1 Å². The van der Waals surface area contributed by atoms with Gasteiger partial charge in [-0.05, 0) is 57.4 Å². The highest BCUT2D eigenvalue weighted by molar-refractivity contribution is 4.91. The monoisotopic (exact) mass is 264 g/mol. The number of hydrogen-bond donors (Lipinski definition) is 1. The third-order valence-corrected chi connectivity index (χ3v) is 5.58. The van der Waals surface area contributed by atoms with Gasteiger partial charge in [0.05, 0.1) is 0 Å². The zero-order chi connectivity index (χ0) is 13.1. The van der Waals surface area contributed by atoms with Crippen LogP contribution in [0.3, 0.4) is 0 Å². The van der Waals surface area contributed by atoms with Crippen LogP contribution in [-0.4, -0.2) is 36.1 Å². The fraction of sp³-hybridized carbons (Fsp3) is 1.00. The van der Waals surface area contributed by atoms with Crippen LogP contribution in [0.4, 0.5) is 0 Å². The highest BCUT2D eigenvalue weighted by atomic mass is 15.2. The van der Waals surface area contributed by atoms with Gasteiger partial charge in [0.25, 0.3) is 0 Å². The largest absolute Gasteiger partial charge is 0.310 e. The van der Waals surface area contributed by atoms with E-state index in [4.69, 9.17) is 0 Å². The van der Waals surface area contributed by atoms with E-state index in [1.165, 1.54) is 77.3 Å². The second-order valence-electron chi connectivity index (χ2n) is 7.15. The first-order chi connectivity index (χ1) is 9.36. The lowest BCUT2D eigenvalue weighted by Gasteiger charge is -2.40. The van der Waals surface area contributed by atoms with Crippen molar-refractivity contribution >= 4 is 0 Å². The number of rotatable bonds is 5. The molecule has 1 aliphatic heterocycles. The Morgan fingerprint density at radius 1 is 0.947 bits per heavy atom. The molecule has 2 unspecified atom stereocenters. The first-order valence-electron chi connectivity index (χ1n) is 8.87. The van der Waals surface area contributed by atoms with E-state index in [1.54, 1.807) is 0 Å². The Balaban J connectivity index is 1.49. The molecule has 2 heteroatoms. The molecular formula is C17H32N2. The molecule has 1 N–H and O–H groups in total. The molecule has 0 aromatic carbocycles. The molecule has 2 atom stereocenters. The number of likely N-dealkylation sites (tertiary alicyclic amines) is 1. The first-order valence-corrected chi connectivity index (χ1v) is 8.87. The van der Waals surface area contributed by atoms with Gasteiger partial charge in [0.2, 0.25) is 0 Å². The van der Waals surface area contributed by atoms with Crippen molar-refractivity contribution in [3.8, 4) is 0 Å². The van der Waals surface area contributed by atoms with Crippen molar-refractivity contribution in [3.05, 3.63) is 0 Å². The average Bonchev–Trinajstić information content (AvgIpc) is 3.26. The average molecular weight is 264 g/mol. The van der Waals surface area contributed by atoms with Gasteiger partial charge in [0, 0.05) is 24.7 Å². The van der Waals surface area contributed by atoms with Gasteiger partial charge in [-0.2, -0.15) is 0 Å². The van der Waals surface area contributed by atoms with Gasteiger partial charge in [-0.25, -0.2) is 0 Å². The van der Waals surface area contributed by atoms with Gasteiger partial charge in [-0.3, -0.25) is 4.90 Å². The minimum absolute atomic E-state index is 0.782. The summed E-state index contributed by atoms with van der Waals surface area (Å²) in [7, 11) is 0. The van der Waals surface area contributed by atoms with E-state index in [9.17, 15) is 0 Å². The third kappa shape index (κ3) is 3.72. The summed E-state index contributed by atoms with van der Waals surface area (Å²) in [4.78, 5) is 2.82. The predicted molar refractivity (Wildman–Crippen MR) is 81.4 cm³/mol. The molecule has 1 saturated heterocycles. The maximum absolute atomic E-state index is 3.98. The van der Waals surface area contributed by atoms with Crippen LogP contribution in [0, 0.1) is 5.92 Å². The summed E-state index contributed by atoms with van der Waals surface area (Å²) in [5.41, 5.74) is 0. The second-order valence-corrected chi connectivity index (χ2v) is 7.15. The van der Waals surface area contributed by atoms with Crippen molar-refractivity contribution < 1.29 is 0 Å². The Morgan fingerprint density at radius 3 is 2.37 bits per heavy atom. The van der Waals surface area contributed by atoms with Gasteiger partial charge in [0.1, 0.15) is 0 Å². The van der Waals surface area contributed by atoms with Crippen LogP contribution in [0.25, 0.3) is 0 Å². The number of nitrogens with one attached hydrogen (secondary N) is 1. The van der Waals surface area contributed by atoms with Gasteiger partial charge in [0.15, 0.2) is 0 Å². The molecule has 0 amide bonds. The van der Waals surface area contributed by atoms with Crippen molar-refractivity contribution in [1.29, 1.82) is 0 Å². The number of nitrogens with zero attached hydrogens (tertiary/aromatic N) is 1. The summed E-state index contributed by atoms with van der Waals surface area (Å²) in [6, 6.07) is 2.51. The maximum Gasteiger partial charge on any atom is 0.0198 e. The van der Waals surface area contributed by atoms with E-state index in [2.05, 4.69) is 17.1 Å². The molecule has 3 aliphatic rings. The molecule has 0 aromatic rings. The molecular weight excluding hydrogens is 232 g/mol. The van der Waals surface area contributed by atoms with Gasteiger partial charge in [-0.1, -0.05) is 26.2 Å². The fourth-order valence-corrected chi connectivity index (χ4v) is 4.42. The SMILES string of the molecule is CCC(C1CC1)N1CCCC(NC2CCCCC2)C1. The summed E-state index contributed by atoms with van der Waals surface area (Å²) < 4.78 is 0. The van der Waals surface area contributed by atoms with Crippen LogP contribution in [0.1, 0.15) is 71.1 Å². The fourth-order valence-electron chi connectivity index (χ4n) is 4.42. The van der Waals surface area contributed by atoms with Crippen LogP contribution in [0.2, 0.25) is 0 Å². The van der Waals surface area contributed by atoms with Crippen molar-refractivity contribution in [1.82, 2.24) is 10.2 Å². The van der Waals surface area contributed by atoms with Gasteiger partial charge >= 0.3 is 0 Å².